The Bertz CT molecular complexity index is 743. The standard InChI is InChI=1S/C19H25N5/c1-16(2)19-21-10-13-23(19)11-4-8-20-15-17-6-3-7-18(14-17)24-12-5-9-22-24/h3,5-7,9-10,12-14,16,20H,4,8,11,15H2,1-2H3. The predicted octanol–water partition coefficient (Wildman–Crippen LogP) is 3.37. The van der Waals surface area contributed by atoms with Gasteiger partial charge in [0.05, 0.1) is 5.69 Å². The van der Waals surface area contributed by atoms with Gasteiger partial charge >= 0.3 is 0 Å². The van der Waals surface area contributed by atoms with E-state index in [4.69, 9.17) is 0 Å². The maximum absolute atomic E-state index is 4.43. The van der Waals surface area contributed by atoms with Crippen LogP contribution in [0.2, 0.25) is 0 Å². The Balaban J connectivity index is 1.45. The van der Waals surface area contributed by atoms with Gasteiger partial charge in [-0.15, -0.1) is 0 Å². The van der Waals surface area contributed by atoms with E-state index in [1.165, 1.54) is 11.4 Å². The van der Waals surface area contributed by atoms with E-state index >= 15 is 0 Å². The van der Waals surface area contributed by atoms with Crippen LogP contribution in [0.25, 0.3) is 5.69 Å². The number of aromatic nitrogens is 4. The van der Waals surface area contributed by atoms with Crippen molar-refractivity contribution in [2.45, 2.75) is 39.3 Å². The van der Waals surface area contributed by atoms with Crippen LogP contribution in [0.1, 0.15) is 37.6 Å². The van der Waals surface area contributed by atoms with Gasteiger partial charge < -0.3 is 9.88 Å². The molecule has 3 rings (SSSR count). The smallest absolute Gasteiger partial charge is 0.111 e. The summed E-state index contributed by atoms with van der Waals surface area (Å²) in [7, 11) is 0. The first kappa shape index (κ1) is 16.5. The summed E-state index contributed by atoms with van der Waals surface area (Å²) in [5.41, 5.74) is 2.37. The highest BCUT2D eigenvalue weighted by Gasteiger charge is 2.06. The molecular formula is C19H25N5. The lowest BCUT2D eigenvalue weighted by molar-refractivity contribution is 0.554. The fourth-order valence-electron chi connectivity index (χ4n) is 2.85. The first-order valence-corrected chi connectivity index (χ1v) is 8.55. The third kappa shape index (κ3) is 4.11. The first-order chi connectivity index (χ1) is 11.7. The van der Waals surface area contributed by atoms with Crippen molar-refractivity contribution in [1.29, 1.82) is 0 Å². The number of nitrogens with one attached hydrogen (secondary N) is 1. The Kier molecular flexibility index (Phi) is 5.43. The number of imidazole rings is 1. The van der Waals surface area contributed by atoms with Crippen molar-refractivity contribution in [3.05, 3.63) is 66.5 Å². The van der Waals surface area contributed by atoms with Crippen molar-refractivity contribution in [3.63, 3.8) is 0 Å². The molecule has 24 heavy (non-hydrogen) atoms. The molecule has 1 aromatic carbocycles. The summed E-state index contributed by atoms with van der Waals surface area (Å²) in [6.45, 7) is 7.24. The number of aryl methyl sites for hydroxylation is 1. The highest BCUT2D eigenvalue weighted by atomic mass is 15.3. The minimum absolute atomic E-state index is 0.470. The van der Waals surface area contributed by atoms with Crippen LogP contribution in [0.5, 0.6) is 0 Å². The lowest BCUT2D eigenvalue weighted by Gasteiger charge is -2.11. The molecule has 5 nitrogen and oxygen atoms in total. The maximum Gasteiger partial charge on any atom is 0.111 e. The predicted molar refractivity (Wildman–Crippen MR) is 96.2 cm³/mol. The van der Waals surface area contributed by atoms with Crippen LogP contribution in [-0.4, -0.2) is 25.9 Å². The van der Waals surface area contributed by atoms with E-state index in [1.54, 1.807) is 6.20 Å². The molecule has 1 N–H and O–H groups in total. The molecule has 5 heteroatoms. The van der Waals surface area contributed by atoms with Gasteiger partial charge in [-0.2, -0.15) is 5.10 Å². The van der Waals surface area contributed by atoms with E-state index in [0.29, 0.717) is 5.92 Å². The van der Waals surface area contributed by atoms with Crippen LogP contribution in [-0.2, 0) is 13.1 Å². The molecule has 0 bridgehead atoms. The third-order valence-corrected chi connectivity index (χ3v) is 4.03. The monoisotopic (exact) mass is 323 g/mol. The number of rotatable bonds is 8. The minimum atomic E-state index is 0.470. The Morgan fingerprint density at radius 3 is 2.83 bits per heavy atom. The first-order valence-electron chi connectivity index (χ1n) is 8.55. The molecule has 0 amide bonds. The van der Waals surface area contributed by atoms with E-state index in [0.717, 1.165) is 31.7 Å². The largest absolute Gasteiger partial charge is 0.335 e. The van der Waals surface area contributed by atoms with Gasteiger partial charge in [-0.1, -0.05) is 26.0 Å². The van der Waals surface area contributed by atoms with Crippen molar-refractivity contribution in [1.82, 2.24) is 24.6 Å². The van der Waals surface area contributed by atoms with Crippen molar-refractivity contribution in [2.75, 3.05) is 6.54 Å². The Morgan fingerprint density at radius 2 is 2.04 bits per heavy atom. The van der Waals surface area contributed by atoms with Crippen LogP contribution in [0.3, 0.4) is 0 Å². The van der Waals surface area contributed by atoms with Crippen molar-refractivity contribution < 1.29 is 0 Å². The Labute approximate surface area is 143 Å². The molecule has 126 valence electrons. The van der Waals surface area contributed by atoms with E-state index in [1.807, 2.05) is 23.1 Å². The lowest BCUT2D eigenvalue weighted by atomic mass is 10.2. The van der Waals surface area contributed by atoms with Gasteiger partial charge in [-0.3, -0.25) is 0 Å². The van der Waals surface area contributed by atoms with E-state index in [2.05, 4.69) is 64.3 Å². The number of hydrogen-bond donors (Lipinski definition) is 1. The van der Waals surface area contributed by atoms with Gasteiger partial charge in [-0.25, -0.2) is 9.67 Å². The maximum atomic E-state index is 4.43. The topological polar surface area (TPSA) is 47.7 Å². The molecule has 0 fully saturated rings. The second-order valence-corrected chi connectivity index (χ2v) is 6.28. The zero-order valence-corrected chi connectivity index (χ0v) is 14.4. The number of hydrogen-bond acceptors (Lipinski definition) is 3. The van der Waals surface area contributed by atoms with E-state index < -0.39 is 0 Å². The summed E-state index contributed by atoms with van der Waals surface area (Å²) >= 11 is 0. The highest BCUT2D eigenvalue weighted by molar-refractivity contribution is 5.34. The van der Waals surface area contributed by atoms with Gasteiger partial charge in [0.15, 0.2) is 0 Å². The second-order valence-electron chi connectivity index (χ2n) is 6.28. The number of nitrogens with zero attached hydrogens (tertiary/aromatic N) is 4. The molecule has 0 aliphatic heterocycles. The van der Waals surface area contributed by atoms with E-state index in [9.17, 15) is 0 Å². The van der Waals surface area contributed by atoms with Gasteiger partial charge in [0.2, 0.25) is 0 Å². The van der Waals surface area contributed by atoms with Gasteiger partial charge in [0.1, 0.15) is 5.82 Å². The van der Waals surface area contributed by atoms with E-state index in [-0.39, 0.29) is 0 Å². The fraction of sp³-hybridized carbons (Fsp3) is 0.368. The van der Waals surface area contributed by atoms with Crippen molar-refractivity contribution in [3.8, 4) is 5.69 Å². The quantitative estimate of drug-likeness (QED) is 0.647. The molecule has 0 saturated carbocycles. The molecule has 2 aromatic heterocycles. The molecule has 0 aliphatic carbocycles. The zero-order valence-electron chi connectivity index (χ0n) is 14.4. The summed E-state index contributed by atoms with van der Waals surface area (Å²) in [4.78, 5) is 4.43. The minimum Gasteiger partial charge on any atom is -0.335 e. The van der Waals surface area contributed by atoms with Crippen molar-refractivity contribution in [2.24, 2.45) is 0 Å². The summed E-state index contributed by atoms with van der Waals surface area (Å²) in [6, 6.07) is 10.4. The molecule has 3 aromatic rings. The Morgan fingerprint density at radius 1 is 1.12 bits per heavy atom. The summed E-state index contributed by atoms with van der Waals surface area (Å²) in [6.07, 6.45) is 8.82. The van der Waals surface area contributed by atoms with Gasteiger partial charge in [0, 0.05) is 43.8 Å². The van der Waals surface area contributed by atoms with Crippen LogP contribution >= 0.6 is 0 Å². The Hall–Kier alpha value is -2.40. The van der Waals surface area contributed by atoms with Crippen LogP contribution in [0.4, 0.5) is 0 Å². The normalized spacial score (nSPS) is 11.3. The number of benzene rings is 1. The lowest BCUT2D eigenvalue weighted by Crippen LogP contribution is -2.17. The highest BCUT2D eigenvalue weighted by Crippen LogP contribution is 2.12. The molecule has 0 radical (unpaired) electrons. The molecule has 2 heterocycles. The van der Waals surface area contributed by atoms with Gasteiger partial charge in [0.25, 0.3) is 0 Å². The molecule has 0 unspecified atom stereocenters. The summed E-state index contributed by atoms with van der Waals surface area (Å²) < 4.78 is 4.14. The SMILES string of the molecule is CC(C)c1nccn1CCCNCc1cccc(-n2cccn2)c1. The zero-order chi connectivity index (χ0) is 16.8. The fourth-order valence-corrected chi connectivity index (χ4v) is 2.85. The molecular weight excluding hydrogens is 298 g/mol. The molecule has 0 aliphatic rings. The third-order valence-electron chi connectivity index (χ3n) is 4.03. The van der Waals surface area contributed by atoms with Crippen LogP contribution in [0, 0.1) is 0 Å². The second kappa shape index (κ2) is 7.93. The average Bonchev–Trinajstić information content (AvgIpc) is 3.26. The van der Waals surface area contributed by atoms with Crippen molar-refractivity contribution >= 4 is 0 Å². The average molecular weight is 323 g/mol. The summed E-state index contributed by atoms with van der Waals surface area (Å²) in [5, 5.41) is 7.80. The van der Waals surface area contributed by atoms with Gasteiger partial charge in [-0.05, 0) is 36.7 Å². The molecule has 0 atom stereocenters. The molecule has 0 saturated heterocycles. The van der Waals surface area contributed by atoms with Crippen LogP contribution < -0.4 is 5.32 Å². The molecule has 0 spiro atoms. The van der Waals surface area contributed by atoms with Crippen LogP contribution in [0.15, 0.2) is 55.1 Å². The summed E-state index contributed by atoms with van der Waals surface area (Å²) in [5.74, 6) is 1.64.